The molecule has 2 saturated heterocycles. The van der Waals surface area contributed by atoms with E-state index in [1.54, 1.807) is 7.11 Å². The molecule has 1 amide bonds. The van der Waals surface area contributed by atoms with E-state index in [1.165, 1.54) is 16.5 Å². The molecule has 0 saturated carbocycles. The third-order valence-corrected chi connectivity index (χ3v) is 7.78. The zero-order valence-electron chi connectivity index (χ0n) is 20.0. The van der Waals surface area contributed by atoms with Crippen molar-refractivity contribution in [1.29, 1.82) is 0 Å². The van der Waals surface area contributed by atoms with Crippen LogP contribution in [0, 0.1) is 0 Å². The van der Waals surface area contributed by atoms with Crippen molar-refractivity contribution < 1.29 is 14.3 Å². The minimum atomic E-state index is -0.0292. The molecule has 2 fully saturated rings. The van der Waals surface area contributed by atoms with Crippen molar-refractivity contribution in [3.05, 3.63) is 65.9 Å². The smallest absolute Gasteiger partial charge is 0.234 e. The van der Waals surface area contributed by atoms with Crippen LogP contribution in [0.2, 0.25) is 0 Å². The monoisotopic (exact) mass is 461 g/mol. The maximum absolute atomic E-state index is 12.9. The number of methoxy groups -OCH3 is 1. The largest absolute Gasteiger partial charge is 0.497 e. The van der Waals surface area contributed by atoms with E-state index >= 15 is 0 Å². The second-order valence-corrected chi connectivity index (χ2v) is 9.74. The zero-order valence-corrected chi connectivity index (χ0v) is 20.0. The summed E-state index contributed by atoms with van der Waals surface area (Å²) in [7, 11) is 1.71. The van der Waals surface area contributed by atoms with Gasteiger partial charge in [-0.25, -0.2) is 0 Å². The van der Waals surface area contributed by atoms with Gasteiger partial charge in [0.15, 0.2) is 0 Å². The minimum absolute atomic E-state index is 0.0292. The predicted molar refractivity (Wildman–Crippen MR) is 134 cm³/mol. The number of nitrogens with zero attached hydrogens (tertiary/aromatic N) is 1. The second-order valence-electron chi connectivity index (χ2n) is 9.74. The summed E-state index contributed by atoms with van der Waals surface area (Å²) < 4.78 is 11.0. The maximum atomic E-state index is 12.9. The summed E-state index contributed by atoms with van der Waals surface area (Å²) in [6, 6.07) is 16.8. The summed E-state index contributed by atoms with van der Waals surface area (Å²) in [6.07, 6.45) is 6.15. The van der Waals surface area contributed by atoms with E-state index in [0.29, 0.717) is 19.0 Å². The summed E-state index contributed by atoms with van der Waals surface area (Å²) >= 11 is 0. The van der Waals surface area contributed by atoms with Gasteiger partial charge in [-0.05, 0) is 74.0 Å². The van der Waals surface area contributed by atoms with Gasteiger partial charge < -0.3 is 19.8 Å². The fourth-order valence-electron chi connectivity index (χ4n) is 5.64. The molecule has 0 spiro atoms. The van der Waals surface area contributed by atoms with E-state index in [2.05, 4.69) is 57.8 Å². The van der Waals surface area contributed by atoms with Gasteiger partial charge in [0, 0.05) is 42.3 Å². The Morgan fingerprint density at radius 3 is 2.65 bits per heavy atom. The summed E-state index contributed by atoms with van der Waals surface area (Å²) in [4.78, 5) is 18.6. The molecule has 2 aromatic carbocycles. The van der Waals surface area contributed by atoms with Crippen LogP contribution in [0.5, 0.6) is 5.75 Å². The number of benzene rings is 2. The number of piperidine rings is 1. The number of aromatic nitrogens is 1. The molecular formula is C28H35N3O3. The molecule has 34 heavy (non-hydrogen) atoms. The lowest BCUT2D eigenvalue weighted by Crippen LogP contribution is -2.47. The second kappa shape index (κ2) is 10.2. The van der Waals surface area contributed by atoms with Crippen molar-refractivity contribution in [2.75, 3.05) is 46.5 Å². The number of fused-ring (bicyclic) bond motifs is 1. The van der Waals surface area contributed by atoms with Gasteiger partial charge >= 0.3 is 0 Å². The molecule has 1 aromatic heterocycles. The lowest BCUT2D eigenvalue weighted by molar-refractivity contribution is -0.123. The van der Waals surface area contributed by atoms with Crippen molar-refractivity contribution in [2.45, 2.75) is 37.0 Å². The van der Waals surface area contributed by atoms with Crippen molar-refractivity contribution in [2.24, 2.45) is 0 Å². The first kappa shape index (κ1) is 22.9. The highest BCUT2D eigenvalue weighted by Crippen LogP contribution is 2.35. The normalized spacial score (nSPS) is 19.2. The maximum Gasteiger partial charge on any atom is 0.234 e. The first-order chi connectivity index (χ1) is 16.7. The van der Waals surface area contributed by atoms with Crippen molar-refractivity contribution in [1.82, 2.24) is 15.2 Å². The molecule has 2 N–H and O–H groups in total. The third-order valence-electron chi connectivity index (χ3n) is 7.78. The summed E-state index contributed by atoms with van der Waals surface area (Å²) in [5.74, 6) is 1.51. The first-order valence-corrected chi connectivity index (χ1v) is 12.4. The van der Waals surface area contributed by atoms with Gasteiger partial charge in [-0.1, -0.05) is 30.3 Å². The number of hydrogen-bond donors (Lipinski definition) is 2. The van der Waals surface area contributed by atoms with E-state index in [-0.39, 0.29) is 11.3 Å². The fourth-order valence-corrected chi connectivity index (χ4v) is 5.64. The van der Waals surface area contributed by atoms with Gasteiger partial charge in [-0.2, -0.15) is 0 Å². The van der Waals surface area contributed by atoms with Crippen molar-refractivity contribution >= 4 is 16.8 Å². The van der Waals surface area contributed by atoms with Crippen LogP contribution in [0.25, 0.3) is 10.9 Å². The van der Waals surface area contributed by atoms with Crippen LogP contribution < -0.4 is 10.1 Å². The molecule has 3 heterocycles. The number of carbonyl (C=O) groups is 1. The Hall–Kier alpha value is -2.83. The molecule has 0 bridgehead atoms. The Balaban J connectivity index is 1.16. The number of rotatable bonds is 7. The molecule has 180 valence electrons. The molecular weight excluding hydrogens is 426 g/mol. The summed E-state index contributed by atoms with van der Waals surface area (Å²) in [5, 5.41) is 4.51. The number of H-pyrrole nitrogens is 1. The van der Waals surface area contributed by atoms with Gasteiger partial charge in [-0.15, -0.1) is 0 Å². The Labute approximate surface area is 201 Å². The van der Waals surface area contributed by atoms with Crippen molar-refractivity contribution in [3.8, 4) is 5.75 Å². The number of likely N-dealkylation sites (tertiary alicyclic amines) is 1. The van der Waals surface area contributed by atoms with Crippen molar-refractivity contribution in [3.63, 3.8) is 0 Å². The lowest BCUT2D eigenvalue weighted by atomic mass is 9.74. The van der Waals surface area contributed by atoms with Gasteiger partial charge in [0.25, 0.3) is 0 Å². The van der Waals surface area contributed by atoms with Gasteiger partial charge in [0.2, 0.25) is 5.91 Å². The Morgan fingerprint density at radius 2 is 1.91 bits per heavy atom. The number of aromatic amines is 1. The van der Waals surface area contributed by atoms with Crippen LogP contribution in [-0.2, 0) is 14.9 Å². The molecule has 0 radical (unpaired) electrons. The van der Waals surface area contributed by atoms with Gasteiger partial charge in [-0.3, -0.25) is 9.69 Å². The van der Waals surface area contributed by atoms with Crippen LogP contribution >= 0.6 is 0 Å². The van der Waals surface area contributed by atoms with Gasteiger partial charge in [0.1, 0.15) is 5.75 Å². The number of nitrogens with one attached hydrogen (secondary N) is 2. The molecule has 2 aliphatic rings. The number of ether oxygens (including phenoxy) is 2. The lowest BCUT2D eigenvalue weighted by Gasteiger charge is -2.38. The molecule has 6 heteroatoms. The SMILES string of the molecule is COc1ccc2[nH]cc(C3CCN(CC(=O)NCC4(c5ccccc5)CCOCC4)CC3)c2c1. The molecule has 2 aliphatic heterocycles. The summed E-state index contributed by atoms with van der Waals surface area (Å²) in [5.41, 5.74) is 3.79. The average molecular weight is 462 g/mol. The molecule has 5 rings (SSSR count). The Kier molecular flexibility index (Phi) is 6.88. The number of hydrogen-bond acceptors (Lipinski definition) is 4. The Bertz CT molecular complexity index is 1100. The van der Waals surface area contributed by atoms with E-state index in [4.69, 9.17) is 9.47 Å². The molecule has 3 aromatic rings. The fraction of sp³-hybridized carbons (Fsp3) is 0.464. The molecule has 6 nitrogen and oxygen atoms in total. The summed E-state index contributed by atoms with van der Waals surface area (Å²) in [6.45, 7) is 4.51. The standard InChI is InChI=1S/C28H35N3O3/c1-33-23-7-8-26-24(17-23)25(18-29-26)21-9-13-31(14-10-21)19-27(32)30-20-28(11-15-34-16-12-28)22-5-3-2-4-6-22/h2-8,17-18,21,29H,9-16,19-20H2,1H3,(H,30,32). The van der Waals surface area contributed by atoms with Crippen LogP contribution in [-0.4, -0.2) is 62.3 Å². The molecule has 0 aliphatic carbocycles. The third kappa shape index (κ3) is 4.84. The average Bonchev–Trinajstić information content (AvgIpc) is 3.32. The topological polar surface area (TPSA) is 66.6 Å². The van der Waals surface area contributed by atoms with Crippen LogP contribution in [0.1, 0.15) is 42.7 Å². The number of carbonyl (C=O) groups excluding carboxylic acids is 1. The highest BCUT2D eigenvalue weighted by atomic mass is 16.5. The van der Waals surface area contributed by atoms with E-state index in [9.17, 15) is 4.79 Å². The van der Waals surface area contributed by atoms with E-state index in [1.807, 2.05) is 12.1 Å². The van der Waals surface area contributed by atoms with Gasteiger partial charge in [0.05, 0.1) is 13.7 Å². The van der Waals surface area contributed by atoms with E-state index in [0.717, 1.165) is 63.3 Å². The quantitative estimate of drug-likeness (QED) is 0.553. The highest BCUT2D eigenvalue weighted by molar-refractivity contribution is 5.85. The minimum Gasteiger partial charge on any atom is -0.497 e. The predicted octanol–water partition coefficient (Wildman–Crippen LogP) is 4.22. The van der Waals surface area contributed by atoms with Crippen LogP contribution in [0.15, 0.2) is 54.7 Å². The van der Waals surface area contributed by atoms with E-state index < -0.39 is 0 Å². The first-order valence-electron chi connectivity index (χ1n) is 12.4. The zero-order chi connectivity index (χ0) is 23.4. The number of amides is 1. The molecule has 0 atom stereocenters. The van der Waals surface area contributed by atoms with Crippen LogP contribution in [0.4, 0.5) is 0 Å². The molecule has 0 unspecified atom stereocenters. The Morgan fingerprint density at radius 1 is 1.15 bits per heavy atom. The highest BCUT2D eigenvalue weighted by Gasteiger charge is 2.35. The van der Waals surface area contributed by atoms with Crippen LogP contribution in [0.3, 0.4) is 0 Å².